The lowest BCUT2D eigenvalue weighted by atomic mass is 10.6. The molecule has 0 aliphatic carbocycles. The van der Waals surface area contributed by atoms with Gasteiger partial charge in [0.05, 0.1) is 0 Å². The highest BCUT2D eigenvalue weighted by Gasteiger charge is 2.03. The van der Waals surface area contributed by atoms with Gasteiger partial charge in [-0.05, 0) is 22.6 Å². The Hall–Kier alpha value is 0.290. The highest BCUT2D eigenvalue weighted by molar-refractivity contribution is 14.1. The van der Waals surface area contributed by atoms with Crippen LogP contribution in [0, 0.1) is 3.70 Å². The molecule has 10 heavy (non-hydrogen) atoms. The van der Waals surface area contributed by atoms with Crippen molar-refractivity contribution in [1.82, 2.24) is 4.98 Å². The molecule has 4 heteroatoms. The van der Waals surface area contributed by atoms with Crippen molar-refractivity contribution in [1.29, 1.82) is 0 Å². The highest BCUT2D eigenvalue weighted by Crippen LogP contribution is 2.21. The van der Waals surface area contributed by atoms with Crippen molar-refractivity contribution < 1.29 is 4.42 Å². The molecule has 0 unspecified atom stereocenters. The first-order chi connectivity index (χ1) is 4.68. The summed E-state index contributed by atoms with van der Waals surface area (Å²) in [4.78, 5) is 4.13. The van der Waals surface area contributed by atoms with Crippen LogP contribution in [0.3, 0.4) is 0 Å². The van der Waals surface area contributed by atoms with Gasteiger partial charge in [0, 0.05) is 5.25 Å². The van der Waals surface area contributed by atoms with Gasteiger partial charge in [0.25, 0.3) is 5.22 Å². The van der Waals surface area contributed by atoms with Gasteiger partial charge in [-0.3, -0.25) is 0 Å². The number of rotatable bonds is 2. The average molecular weight is 269 g/mol. The van der Waals surface area contributed by atoms with Crippen molar-refractivity contribution in [3.05, 3.63) is 9.96 Å². The Morgan fingerprint density at radius 1 is 1.70 bits per heavy atom. The molecule has 0 aromatic carbocycles. The van der Waals surface area contributed by atoms with Gasteiger partial charge in [-0.1, -0.05) is 25.6 Å². The standard InChI is InChI=1S/C6H8INOS/c1-4(2)10-6-8-5(7)3-9-6/h3-4H,1-2H3. The van der Waals surface area contributed by atoms with E-state index in [-0.39, 0.29) is 0 Å². The second-order valence-corrected chi connectivity index (χ2v) is 4.74. The monoisotopic (exact) mass is 269 g/mol. The summed E-state index contributed by atoms with van der Waals surface area (Å²) in [5, 5.41) is 1.30. The fourth-order valence-electron chi connectivity index (χ4n) is 0.495. The van der Waals surface area contributed by atoms with Crippen LogP contribution in [0.2, 0.25) is 0 Å². The molecular formula is C6H8INOS. The minimum Gasteiger partial charge on any atom is -0.439 e. The fourth-order valence-corrected chi connectivity index (χ4v) is 1.66. The van der Waals surface area contributed by atoms with Gasteiger partial charge >= 0.3 is 0 Å². The number of aromatic nitrogens is 1. The van der Waals surface area contributed by atoms with Crippen LogP contribution < -0.4 is 0 Å². The third-order valence-electron chi connectivity index (χ3n) is 0.792. The second kappa shape index (κ2) is 3.61. The van der Waals surface area contributed by atoms with Crippen LogP contribution >= 0.6 is 34.4 Å². The molecule has 0 aliphatic heterocycles. The van der Waals surface area contributed by atoms with Crippen molar-refractivity contribution in [3.8, 4) is 0 Å². The number of halogens is 1. The zero-order chi connectivity index (χ0) is 7.56. The van der Waals surface area contributed by atoms with Crippen LogP contribution in [-0.4, -0.2) is 10.2 Å². The molecule has 0 saturated heterocycles. The summed E-state index contributed by atoms with van der Waals surface area (Å²) in [6, 6.07) is 0. The molecule has 0 bridgehead atoms. The summed E-state index contributed by atoms with van der Waals surface area (Å²) in [6.45, 7) is 4.23. The largest absolute Gasteiger partial charge is 0.439 e. The number of hydrogen-bond acceptors (Lipinski definition) is 3. The van der Waals surface area contributed by atoms with E-state index in [9.17, 15) is 0 Å². The Bertz CT molecular complexity index is 211. The lowest BCUT2D eigenvalue weighted by Gasteiger charge is -1.96. The van der Waals surface area contributed by atoms with E-state index < -0.39 is 0 Å². The smallest absolute Gasteiger partial charge is 0.256 e. The predicted molar refractivity (Wildman–Crippen MR) is 50.2 cm³/mol. The number of oxazole rings is 1. The molecule has 1 aromatic heterocycles. The molecule has 0 aliphatic rings. The maximum absolute atomic E-state index is 5.12. The Kier molecular flexibility index (Phi) is 3.03. The van der Waals surface area contributed by atoms with Crippen LogP contribution in [0.5, 0.6) is 0 Å². The summed E-state index contributed by atoms with van der Waals surface area (Å²) in [6.07, 6.45) is 1.66. The molecule has 0 atom stereocenters. The molecule has 1 heterocycles. The quantitative estimate of drug-likeness (QED) is 0.610. The lowest BCUT2D eigenvalue weighted by Crippen LogP contribution is -1.85. The Morgan fingerprint density at radius 3 is 2.80 bits per heavy atom. The predicted octanol–water partition coefficient (Wildman–Crippen LogP) is 2.78. The third-order valence-corrected chi connectivity index (χ3v) is 2.15. The first kappa shape index (κ1) is 8.39. The summed E-state index contributed by atoms with van der Waals surface area (Å²) >= 11 is 3.77. The van der Waals surface area contributed by atoms with E-state index in [1.807, 2.05) is 0 Å². The molecule has 1 rings (SSSR count). The van der Waals surface area contributed by atoms with E-state index >= 15 is 0 Å². The lowest BCUT2D eigenvalue weighted by molar-refractivity contribution is 0.453. The normalized spacial score (nSPS) is 10.8. The van der Waals surface area contributed by atoms with E-state index in [4.69, 9.17) is 4.42 Å². The first-order valence-corrected chi connectivity index (χ1v) is 4.92. The van der Waals surface area contributed by atoms with Crippen LogP contribution in [0.25, 0.3) is 0 Å². The van der Waals surface area contributed by atoms with Crippen LogP contribution in [-0.2, 0) is 0 Å². The molecule has 0 spiro atoms. The van der Waals surface area contributed by atoms with Crippen LogP contribution in [0.4, 0.5) is 0 Å². The molecule has 2 nitrogen and oxygen atoms in total. The van der Waals surface area contributed by atoms with Crippen molar-refractivity contribution in [3.63, 3.8) is 0 Å². The molecule has 0 saturated carbocycles. The Balaban J connectivity index is 2.58. The van der Waals surface area contributed by atoms with E-state index in [1.54, 1.807) is 18.0 Å². The molecule has 1 aromatic rings. The first-order valence-electron chi connectivity index (χ1n) is 2.96. The van der Waals surface area contributed by atoms with E-state index in [0.717, 1.165) is 8.92 Å². The zero-order valence-corrected chi connectivity index (χ0v) is 8.77. The summed E-state index contributed by atoms with van der Waals surface area (Å²) < 4.78 is 6.04. The SMILES string of the molecule is CC(C)Sc1nc(I)co1. The molecular weight excluding hydrogens is 261 g/mol. The van der Waals surface area contributed by atoms with Gasteiger partial charge in [-0.2, -0.15) is 4.98 Å². The molecule has 0 radical (unpaired) electrons. The summed E-state index contributed by atoms with van der Waals surface area (Å²) in [5.41, 5.74) is 0. The molecule has 0 fully saturated rings. The fraction of sp³-hybridized carbons (Fsp3) is 0.500. The van der Waals surface area contributed by atoms with Crippen LogP contribution in [0.15, 0.2) is 15.9 Å². The Labute approximate surface area is 77.9 Å². The van der Waals surface area contributed by atoms with Crippen molar-refractivity contribution in [2.45, 2.75) is 24.3 Å². The summed E-state index contributed by atoms with van der Waals surface area (Å²) in [5.74, 6) is 0. The van der Waals surface area contributed by atoms with Gasteiger partial charge in [-0.15, -0.1) is 0 Å². The van der Waals surface area contributed by atoms with Crippen molar-refractivity contribution in [2.24, 2.45) is 0 Å². The minimum absolute atomic E-state index is 0.537. The second-order valence-electron chi connectivity index (χ2n) is 2.10. The summed E-state index contributed by atoms with van der Waals surface area (Å²) in [7, 11) is 0. The van der Waals surface area contributed by atoms with Gasteiger partial charge in [0.1, 0.15) is 9.96 Å². The van der Waals surface area contributed by atoms with Gasteiger partial charge in [-0.25, -0.2) is 0 Å². The van der Waals surface area contributed by atoms with E-state index in [2.05, 4.69) is 41.4 Å². The highest BCUT2D eigenvalue weighted by atomic mass is 127. The van der Waals surface area contributed by atoms with E-state index in [1.165, 1.54) is 0 Å². The number of thioether (sulfide) groups is 1. The minimum atomic E-state index is 0.537. The van der Waals surface area contributed by atoms with Crippen molar-refractivity contribution in [2.75, 3.05) is 0 Å². The third kappa shape index (κ3) is 2.49. The van der Waals surface area contributed by atoms with E-state index in [0.29, 0.717) is 5.25 Å². The molecule has 0 amide bonds. The zero-order valence-electron chi connectivity index (χ0n) is 5.80. The topological polar surface area (TPSA) is 26.0 Å². The Morgan fingerprint density at radius 2 is 2.40 bits per heavy atom. The average Bonchev–Trinajstić information content (AvgIpc) is 2.13. The number of nitrogens with zero attached hydrogens (tertiary/aromatic N) is 1. The molecule has 56 valence electrons. The molecule has 0 N–H and O–H groups in total. The van der Waals surface area contributed by atoms with Gasteiger partial charge in [0.2, 0.25) is 0 Å². The maximum atomic E-state index is 5.12. The van der Waals surface area contributed by atoms with Gasteiger partial charge in [0.15, 0.2) is 0 Å². The van der Waals surface area contributed by atoms with Gasteiger partial charge < -0.3 is 4.42 Å². The maximum Gasteiger partial charge on any atom is 0.256 e. The van der Waals surface area contributed by atoms with Crippen LogP contribution in [0.1, 0.15) is 13.8 Å². The van der Waals surface area contributed by atoms with Crippen molar-refractivity contribution >= 4 is 34.4 Å². The number of hydrogen-bond donors (Lipinski definition) is 0.